The molecule has 1 aromatic rings. The first-order valence-corrected chi connectivity index (χ1v) is 9.08. The number of benzene rings is 1. The van der Waals surface area contributed by atoms with Gasteiger partial charge in [0, 0.05) is 23.3 Å². The summed E-state index contributed by atoms with van der Waals surface area (Å²) in [7, 11) is 0. The van der Waals surface area contributed by atoms with Crippen molar-refractivity contribution in [1.82, 2.24) is 0 Å². The van der Waals surface area contributed by atoms with Gasteiger partial charge in [0.1, 0.15) is 0 Å². The minimum Gasteiger partial charge on any atom is -0.386 e. The third-order valence-corrected chi connectivity index (χ3v) is 3.70. The number of hydrogen-bond acceptors (Lipinski definition) is 6. The Morgan fingerprint density at radius 1 is 0.897 bits per heavy atom. The number of hydrogen-bond donors (Lipinski definition) is 0. The first-order valence-electron chi connectivity index (χ1n) is 9.08. The summed E-state index contributed by atoms with van der Waals surface area (Å²) in [5, 5.41) is 0. The van der Waals surface area contributed by atoms with Crippen molar-refractivity contribution in [3.05, 3.63) is 77.4 Å². The second kappa shape index (κ2) is 12.0. The molecule has 0 saturated carbocycles. The van der Waals surface area contributed by atoms with E-state index in [9.17, 15) is 19.2 Å². The molecule has 0 amide bonds. The third-order valence-electron chi connectivity index (χ3n) is 3.70. The fourth-order valence-corrected chi connectivity index (χ4v) is 2.10. The standard InChI is InChI=1S/C23H24O6/c1-5-17(4)22(26)28-20(24)12-13-21(25)29-23(27)19(6-2)15-16(3)14-18-10-8-7-9-11-18/h7-15H,4-6H2,1-3H3. The van der Waals surface area contributed by atoms with Crippen LogP contribution in [0.3, 0.4) is 0 Å². The number of allylic oxidation sites excluding steroid dienone is 2. The van der Waals surface area contributed by atoms with Gasteiger partial charge in [-0.05, 0) is 31.4 Å². The van der Waals surface area contributed by atoms with Gasteiger partial charge < -0.3 is 9.47 Å². The molecule has 152 valence electrons. The molecule has 0 atom stereocenters. The van der Waals surface area contributed by atoms with Gasteiger partial charge in [-0.25, -0.2) is 19.2 Å². The van der Waals surface area contributed by atoms with E-state index in [0.717, 1.165) is 17.2 Å². The molecule has 0 N–H and O–H groups in total. The zero-order valence-corrected chi connectivity index (χ0v) is 16.8. The van der Waals surface area contributed by atoms with Crippen LogP contribution < -0.4 is 0 Å². The predicted octanol–water partition coefficient (Wildman–Crippen LogP) is 4.09. The van der Waals surface area contributed by atoms with Gasteiger partial charge in [-0.2, -0.15) is 0 Å². The van der Waals surface area contributed by atoms with E-state index in [1.807, 2.05) is 43.3 Å². The Kier molecular flexibility index (Phi) is 9.74. The molecule has 0 fully saturated rings. The van der Waals surface area contributed by atoms with Crippen LogP contribution in [0.1, 0.15) is 39.2 Å². The van der Waals surface area contributed by atoms with E-state index in [-0.39, 0.29) is 5.57 Å². The SMILES string of the molecule is C=C(CC)C(=O)OC(=O)C=CC(=O)OC(=O)C(=CC(C)=Cc1ccccc1)CC. The Morgan fingerprint density at radius 3 is 1.97 bits per heavy atom. The van der Waals surface area contributed by atoms with Crippen LogP contribution in [0, 0.1) is 0 Å². The molecule has 0 radical (unpaired) electrons. The highest BCUT2D eigenvalue weighted by Gasteiger charge is 2.14. The lowest BCUT2D eigenvalue weighted by Gasteiger charge is -2.04. The lowest BCUT2D eigenvalue weighted by atomic mass is 10.1. The van der Waals surface area contributed by atoms with Crippen LogP contribution in [0.5, 0.6) is 0 Å². The van der Waals surface area contributed by atoms with Gasteiger partial charge in [-0.3, -0.25) is 0 Å². The van der Waals surface area contributed by atoms with Gasteiger partial charge in [-0.15, -0.1) is 0 Å². The lowest BCUT2D eigenvalue weighted by molar-refractivity contribution is -0.156. The summed E-state index contributed by atoms with van der Waals surface area (Å²) < 4.78 is 9.17. The molecule has 0 unspecified atom stereocenters. The van der Waals surface area contributed by atoms with Crippen molar-refractivity contribution in [2.45, 2.75) is 33.6 Å². The van der Waals surface area contributed by atoms with E-state index >= 15 is 0 Å². The summed E-state index contributed by atoms with van der Waals surface area (Å²) in [4.78, 5) is 46.8. The van der Waals surface area contributed by atoms with Gasteiger partial charge in [-0.1, -0.05) is 62.4 Å². The quantitative estimate of drug-likeness (QED) is 0.285. The average Bonchev–Trinajstić information content (AvgIpc) is 2.70. The highest BCUT2D eigenvalue weighted by molar-refractivity contribution is 6.04. The van der Waals surface area contributed by atoms with Crippen LogP contribution in [0.25, 0.3) is 6.08 Å². The minimum atomic E-state index is -1.05. The highest BCUT2D eigenvalue weighted by atomic mass is 16.6. The highest BCUT2D eigenvalue weighted by Crippen LogP contribution is 2.12. The van der Waals surface area contributed by atoms with E-state index in [1.165, 1.54) is 0 Å². The average molecular weight is 396 g/mol. The van der Waals surface area contributed by atoms with E-state index in [2.05, 4.69) is 11.3 Å². The number of carbonyl (C=O) groups is 4. The first kappa shape index (κ1) is 23.5. The third kappa shape index (κ3) is 8.79. The summed E-state index contributed by atoms with van der Waals surface area (Å²) in [6.45, 7) is 8.71. The summed E-state index contributed by atoms with van der Waals surface area (Å²) in [6, 6.07) is 9.56. The first-order chi connectivity index (χ1) is 13.8. The van der Waals surface area contributed by atoms with E-state index < -0.39 is 23.9 Å². The maximum Gasteiger partial charge on any atom is 0.341 e. The van der Waals surface area contributed by atoms with E-state index in [4.69, 9.17) is 4.74 Å². The van der Waals surface area contributed by atoms with Crippen molar-refractivity contribution in [3.63, 3.8) is 0 Å². The Bertz CT molecular complexity index is 872. The van der Waals surface area contributed by atoms with Gasteiger partial charge in [0.2, 0.25) is 0 Å². The summed E-state index contributed by atoms with van der Waals surface area (Å²) >= 11 is 0. The number of carbonyl (C=O) groups excluding carboxylic acids is 4. The minimum absolute atomic E-state index is 0.126. The number of rotatable bonds is 8. The summed E-state index contributed by atoms with van der Waals surface area (Å²) in [5.41, 5.74) is 2.21. The fourth-order valence-electron chi connectivity index (χ4n) is 2.10. The van der Waals surface area contributed by atoms with Gasteiger partial charge in [0.25, 0.3) is 0 Å². The van der Waals surface area contributed by atoms with Crippen LogP contribution in [-0.2, 0) is 28.7 Å². The summed E-state index contributed by atoms with van der Waals surface area (Å²) in [6.07, 6.45) is 5.65. The van der Waals surface area contributed by atoms with Crippen molar-refractivity contribution in [2.75, 3.05) is 0 Å². The van der Waals surface area contributed by atoms with Gasteiger partial charge in [0.15, 0.2) is 0 Å². The van der Waals surface area contributed by atoms with Gasteiger partial charge in [0.05, 0.1) is 0 Å². The van der Waals surface area contributed by atoms with E-state index in [1.54, 1.807) is 19.9 Å². The zero-order chi connectivity index (χ0) is 21.8. The molecule has 0 aromatic heterocycles. The smallest absolute Gasteiger partial charge is 0.341 e. The fraction of sp³-hybridized carbons (Fsp3) is 0.217. The maximum atomic E-state index is 12.2. The maximum absolute atomic E-state index is 12.2. The molecule has 0 aliphatic heterocycles. The molecule has 1 rings (SSSR count). The molecular weight excluding hydrogens is 372 g/mol. The molecule has 0 saturated heterocycles. The predicted molar refractivity (Wildman–Crippen MR) is 109 cm³/mol. The van der Waals surface area contributed by atoms with Crippen LogP contribution in [0.2, 0.25) is 0 Å². The van der Waals surface area contributed by atoms with Crippen LogP contribution in [0.4, 0.5) is 0 Å². The molecule has 0 bridgehead atoms. The van der Waals surface area contributed by atoms with Crippen LogP contribution >= 0.6 is 0 Å². The van der Waals surface area contributed by atoms with Crippen LogP contribution in [-0.4, -0.2) is 23.9 Å². The number of esters is 4. The van der Waals surface area contributed by atoms with E-state index in [0.29, 0.717) is 24.5 Å². The molecule has 6 nitrogen and oxygen atoms in total. The van der Waals surface area contributed by atoms with Crippen molar-refractivity contribution in [2.24, 2.45) is 0 Å². The monoisotopic (exact) mass is 396 g/mol. The van der Waals surface area contributed by atoms with Crippen molar-refractivity contribution in [1.29, 1.82) is 0 Å². The molecule has 0 heterocycles. The molecule has 6 heteroatoms. The second-order valence-corrected chi connectivity index (χ2v) is 6.03. The summed E-state index contributed by atoms with van der Waals surface area (Å²) in [5.74, 6) is -3.78. The second-order valence-electron chi connectivity index (χ2n) is 6.03. The lowest BCUT2D eigenvalue weighted by Crippen LogP contribution is -2.14. The van der Waals surface area contributed by atoms with Crippen LogP contribution in [0.15, 0.2) is 71.9 Å². The molecule has 0 aliphatic rings. The van der Waals surface area contributed by atoms with Gasteiger partial charge >= 0.3 is 23.9 Å². The Hall–Kier alpha value is -3.54. The topological polar surface area (TPSA) is 86.7 Å². The Labute approximate surface area is 170 Å². The number of ether oxygens (including phenoxy) is 2. The Balaban J connectivity index is 2.70. The molecule has 0 aliphatic carbocycles. The molecule has 1 aromatic carbocycles. The van der Waals surface area contributed by atoms with Crippen molar-refractivity contribution in [3.8, 4) is 0 Å². The van der Waals surface area contributed by atoms with Crippen molar-refractivity contribution >= 4 is 30.0 Å². The zero-order valence-electron chi connectivity index (χ0n) is 16.8. The molecule has 29 heavy (non-hydrogen) atoms. The van der Waals surface area contributed by atoms with Crippen molar-refractivity contribution < 1.29 is 28.7 Å². The Morgan fingerprint density at radius 2 is 1.45 bits per heavy atom. The molecule has 0 spiro atoms. The normalized spacial score (nSPS) is 11.8. The molecular formula is C23H24O6. The largest absolute Gasteiger partial charge is 0.386 e.